The molecular weight excluding hydrogens is 366 g/mol. The van der Waals surface area contributed by atoms with Crippen molar-refractivity contribution in [2.75, 3.05) is 11.9 Å². The van der Waals surface area contributed by atoms with Crippen molar-refractivity contribution in [3.8, 4) is 0 Å². The first-order chi connectivity index (χ1) is 13.7. The van der Waals surface area contributed by atoms with E-state index in [2.05, 4.69) is 41.0 Å². The molecule has 0 atom stereocenters. The third kappa shape index (κ3) is 4.25. The molecule has 146 valence electrons. The quantitative estimate of drug-likeness (QED) is 0.633. The zero-order chi connectivity index (χ0) is 19.3. The summed E-state index contributed by atoms with van der Waals surface area (Å²) in [7, 11) is 0. The summed E-state index contributed by atoms with van der Waals surface area (Å²) in [5.41, 5.74) is 4.22. The lowest BCUT2D eigenvalue weighted by atomic mass is 9.83. The molecule has 1 fully saturated rings. The summed E-state index contributed by atoms with van der Waals surface area (Å²) in [5, 5.41) is 5.79. The Morgan fingerprint density at radius 1 is 1.11 bits per heavy atom. The summed E-state index contributed by atoms with van der Waals surface area (Å²) in [4.78, 5) is 19.6. The van der Waals surface area contributed by atoms with Crippen molar-refractivity contribution in [1.82, 2.24) is 5.32 Å². The van der Waals surface area contributed by atoms with Gasteiger partial charge in [-0.05, 0) is 43.5 Å². The number of anilines is 1. The summed E-state index contributed by atoms with van der Waals surface area (Å²) in [5.74, 6) is 0.519. The van der Waals surface area contributed by atoms with E-state index in [1.54, 1.807) is 11.8 Å². The molecule has 4 rings (SSSR count). The summed E-state index contributed by atoms with van der Waals surface area (Å²) in [6.07, 6.45) is 7.24. The van der Waals surface area contributed by atoms with Gasteiger partial charge in [-0.3, -0.25) is 4.99 Å². The molecule has 0 bridgehead atoms. The van der Waals surface area contributed by atoms with Crippen LogP contribution in [0.5, 0.6) is 0 Å². The Kier molecular flexibility index (Phi) is 6.01. The van der Waals surface area contributed by atoms with Crippen LogP contribution in [0.4, 0.5) is 16.2 Å². The highest BCUT2D eigenvalue weighted by molar-refractivity contribution is 7.99. The van der Waals surface area contributed by atoms with Crippen LogP contribution in [0.25, 0.3) is 0 Å². The Bertz CT molecular complexity index is 887. The van der Waals surface area contributed by atoms with Crippen molar-refractivity contribution in [3.63, 3.8) is 0 Å². The van der Waals surface area contributed by atoms with E-state index in [0.29, 0.717) is 12.5 Å². The lowest BCUT2D eigenvalue weighted by Crippen LogP contribution is -2.29. The standard InChI is InChI=1S/C23H27N3OS/c1-2-14-24-23(27)25-17-12-13-21-19(15-17)26-22(16-8-4-3-5-9-16)18-10-6-7-11-20(18)28-21/h6-7,10-13,15-16H,2-5,8-9,14H2,1H3,(H2,24,25,27). The van der Waals surface area contributed by atoms with Gasteiger partial charge in [0, 0.05) is 33.5 Å². The van der Waals surface area contributed by atoms with E-state index in [4.69, 9.17) is 4.99 Å². The fourth-order valence-electron chi connectivity index (χ4n) is 3.95. The Hall–Kier alpha value is -2.27. The summed E-state index contributed by atoms with van der Waals surface area (Å²) < 4.78 is 0. The monoisotopic (exact) mass is 393 g/mol. The Morgan fingerprint density at radius 3 is 2.75 bits per heavy atom. The second kappa shape index (κ2) is 8.82. The molecule has 2 aromatic rings. The van der Waals surface area contributed by atoms with E-state index in [9.17, 15) is 4.79 Å². The van der Waals surface area contributed by atoms with Crippen LogP contribution >= 0.6 is 11.8 Å². The van der Waals surface area contributed by atoms with Crippen molar-refractivity contribution < 1.29 is 4.79 Å². The molecule has 0 radical (unpaired) electrons. The van der Waals surface area contributed by atoms with Crippen LogP contribution < -0.4 is 10.6 Å². The fourth-order valence-corrected chi connectivity index (χ4v) is 4.96. The SMILES string of the molecule is CCCNC(=O)Nc1ccc2c(c1)N=C(C1CCCCC1)c1ccccc1S2. The number of nitrogens with one attached hydrogen (secondary N) is 2. The minimum absolute atomic E-state index is 0.164. The van der Waals surface area contributed by atoms with Gasteiger partial charge in [0.15, 0.2) is 0 Å². The number of nitrogens with zero attached hydrogens (tertiary/aromatic N) is 1. The number of amides is 2. The number of aliphatic imine (C=N–C) groups is 1. The first-order valence-corrected chi connectivity index (χ1v) is 11.1. The van der Waals surface area contributed by atoms with Gasteiger partial charge in [-0.2, -0.15) is 0 Å². The van der Waals surface area contributed by atoms with E-state index < -0.39 is 0 Å². The summed E-state index contributed by atoms with van der Waals surface area (Å²) >= 11 is 1.77. The van der Waals surface area contributed by atoms with Gasteiger partial charge in [-0.15, -0.1) is 0 Å². The Balaban J connectivity index is 1.68. The number of urea groups is 1. The lowest BCUT2D eigenvalue weighted by Gasteiger charge is -2.24. The van der Waals surface area contributed by atoms with Gasteiger partial charge in [0.2, 0.25) is 0 Å². The largest absolute Gasteiger partial charge is 0.338 e. The number of hydrogen-bond acceptors (Lipinski definition) is 3. The summed E-state index contributed by atoms with van der Waals surface area (Å²) in [6, 6.07) is 14.5. The van der Waals surface area contributed by atoms with Crippen molar-refractivity contribution in [2.24, 2.45) is 10.9 Å². The topological polar surface area (TPSA) is 53.5 Å². The molecule has 5 heteroatoms. The van der Waals surface area contributed by atoms with E-state index in [-0.39, 0.29) is 6.03 Å². The zero-order valence-electron chi connectivity index (χ0n) is 16.3. The smallest absolute Gasteiger partial charge is 0.319 e. The molecule has 0 saturated heterocycles. The van der Waals surface area contributed by atoms with Crippen LogP contribution in [0, 0.1) is 5.92 Å². The lowest BCUT2D eigenvalue weighted by molar-refractivity contribution is 0.252. The minimum Gasteiger partial charge on any atom is -0.338 e. The molecule has 0 unspecified atom stereocenters. The van der Waals surface area contributed by atoms with Crippen LogP contribution in [-0.2, 0) is 0 Å². The van der Waals surface area contributed by atoms with Crippen LogP contribution in [0.15, 0.2) is 57.2 Å². The first kappa shape index (κ1) is 19.1. The maximum absolute atomic E-state index is 12.0. The number of benzene rings is 2. The highest BCUT2D eigenvalue weighted by Gasteiger charge is 2.25. The van der Waals surface area contributed by atoms with Gasteiger partial charge in [0.25, 0.3) is 0 Å². The molecule has 1 aliphatic carbocycles. The predicted molar refractivity (Wildman–Crippen MR) is 117 cm³/mol. The van der Waals surface area contributed by atoms with Crippen molar-refractivity contribution >= 4 is 34.9 Å². The molecule has 4 nitrogen and oxygen atoms in total. The van der Waals surface area contributed by atoms with E-state index in [1.807, 2.05) is 19.1 Å². The van der Waals surface area contributed by atoms with E-state index >= 15 is 0 Å². The molecule has 28 heavy (non-hydrogen) atoms. The van der Waals surface area contributed by atoms with Crippen molar-refractivity contribution in [3.05, 3.63) is 48.0 Å². The van der Waals surface area contributed by atoms with Crippen molar-refractivity contribution in [1.29, 1.82) is 0 Å². The van der Waals surface area contributed by atoms with Gasteiger partial charge in [-0.25, -0.2) is 4.79 Å². The molecule has 2 amide bonds. The highest BCUT2D eigenvalue weighted by Crippen LogP contribution is 2.43. The Labute approximate surface area is 171 Å². The van der Waals surface area contributed by atoms with Gasteiger partial charge >= 0.3 is 6.03 Å². The fraction of sp³-hybridized carbons (Fsp3) is 0.391. The second-order valence-corrected chi connectivity index (χ2v) is 8.58. The molecular formula is C23H27N3OS. The van der Waals surface area contributed by atoms with Gasteiger partial charge in [0.05, 0.1) is 11.4 Å². The maximum atomic E-state index is 12.0. The molecule has 2 aliphatic rings. The maximum Gasteiger partial charge on any atom is 0.319 e. The van der Waals surface area contributed by atoms with Gasteiger partial charge in [0.1, 0.15) is 0 Å². The Morgan fingerprint density at radius 2 is 1.93 bits per heavy atom. The van der Waals surface area contributed by atoms with E-state index in [1.165, 1.54) is 48.3 Å². The minimum atomic E-state index is -0.164. The molecule has 1 aliphatic heterocycles. The summed E-state index contributed by atoms with van der Waals surface area (Å²) in [6.45, 7) is 2.71. The third-order valence-electron chi connectivity index (χ3n) is 5.37. The van der Waals surface area contributed by atoms with Crippen LogP contribution in [-0.4, -0.2) is 18.3 Å². The molecule has 2 N–H and O–H groups in total. The second-order valence-electron chi connectivity index (χ2n) is 7.49. The number of rotatable bonds is 4. The molecule has 2 aromatic carbocycles. The van der Waals surface area contributed by atoms with Crippen LogP contribution in [0.3, 0.4) is 0 Å². The molecule has 0 spiro atoms. The number of carbonyl (C=O) groups excluding carboxylic acids is 1. The van der Waals surface area contributed by atoms with Crippen molar-refractivity contribution in [2.45, 2.75) is 55.2 Å². The average Bonchev–Trinajstić information content (AvgIpc) is 2.89. The predicted octanol–water partition coefficient (Wildman–Crippen LogP) is 6.38. The number of hydrogen-bond donors (Lipinski definition) is 2. The van der Waals surface area contributed by atoms with E-state index in [0.717, 1.165) is 22.7 Å². The molecule has 0 aromatic heterocycles. The average molecular weight is 394 g/mol. The van der Waals surface area contributed by atoms with Crippen LogP contribution in [0.1, 0.15) is 51.0 Å². The third-order valence-corrected chi connectivity index (χ3v) is 6.51. The highest BCUT2D eigenvalue weighted by atomic mass is 32.2. The number of carbonyl (C=O) groups is 1. The molecule has 1 heterocycles. The zero-order valence-corrected chi connectivity index (χ0v) is 17.1. The normalized spacial score (nSPS) is 16.4. The first-order valence-electron chi connectivity index (χ1n) is 10.3. The van der Waals surface area contributed by atoms with Gasteiger partial charge < -0.3 is 10.6 Å². The van der Waals surface area contributed by atoms with Crippen LogP contribution in [0.2, 0.25) is 0 Å². The molecule has 1 saturated carbocycles. The number of fused-ring (bicyclic) bond motifs is 2. The van der Waals surface area contributed by atoms with Gasteiger partial charge in [-0.1, -0.05) is 56.1 Å².